The van der Waals surface area contributed by atoms with E-state index in [-0.39, 0.29) is 0 Å². The molecule has 1 saturated carbocycles. The third kappa shape index (κ3) is 2.67. The van der Waals surface area contributed by atoms with Gasteiger partial charge >= 0.3 is 5.97 Å². The van der Waals surface area contributed by atoms with E-state index in [0.29, 0.717) is 6.54 Å². The summed E-state index contributed by atoms with van der Waals surface area (Å²) >= 11 is 0. The summed E-state index contributed by atoms with van der Waals surface area (Å²) in [7, 11) is 0. The van der Waals surface area contributed by atoms with Gasteiger partial charge < -0.3 is 10.4 Å². The van der Waals surface area contributed by atoms with Gasteiger partial charge in [-0.3, -0.25) is 4.79 Å². The van der Waals surface area contributed by atoms with Crippen LogP contribution in [0.1, 0.15) is 30.4 Å². The third-order valence-electron chi connectivity index (χ3n) is 3.68. The van der Waals surface area contributed by atoms with Crippen molar-refractivity contribution in [3.05, 3.63) is 35.4 Å². The molecule has 0 radical (unpaired) electrons. The van der Waals surface area contributed by atoms with E-state index in [4.69, 9.17) is 0 Å². The van der Waals surface area contributed by atoms with Crippen LogP contribution in [-0.2, 0) is 11.3 Å². The normalized spacial score (nSPS) is 17.5. The topological polar surface area (TPSA) is 49.3 Å². The lowest BCUT2D eigenvalue weighted by atomic mass is 9.69. The van der Waals surface area contributed by atoms with Crippen LogP contribution in [0.2, 0.25) is 0 Å². The van der Waals surface area contributed by atoms with Crippen LogP contribution in [0.5, 0.6) is 0 Å². The van der Waals surface area contributed by atoms with Crippen LogP contribution in [0.4, 0.5) is 0 Å². The van der Waals surface area contributed by atoms with E-state index in [2.05, 4.69) is 36.5 Å². The Morgan fingerprint density at radius 1 is 1.35 bits per heavy atom. The van der Waals surface area contributed by atoms with Crippen molar-refractivity contribution < 1.29 is 9.90 Å². The number of aryl methyl sites for hydroxylation is 1. The monoisotopic (exact) mass is 233 g/mol. The third-order valence-corrected chi connectivity index (χ3v) is 3.68. The van der Waals surface area contributed by atoms with Crippen molar-refractivity contribution in [2.75, 3.05) is 6.54 Å². The van der Waals surface area contributed by atoms with E-state index < -0.39 is 11.4 Å². The van der Waals surface area contributed by atoms with Gasteiger partial charge in [0.1, 0.15) is 0 Å². The van der Waals surface area contributed by atoms with Crippen LogP contribution in [-0.4, -0.2) is 17.6 Å². The van der Waals surface area contributed by atoms with Crippen molar-refractivity contribution in [1.82, 2.24) is 5.32 Å². The predicted molar refractivity (Wildman–Crippen MR) is 66.8 cm³/mol. The van der Waals surface area contributed by atoms with Crippen LogP contribution < -0.4 is 5.32 Å². The van der Waals surface area contributed by atoms with E-state index in [1.165, 1.54) is 11.1 Å². The van der Waals surface area contributed by atoms with Gasteiger partial charge in [0.05, 0.1) is 5.41 Å². The summed E-state index contributed by atoms with van der Waals surface area (Å²) in [5, 5.41) is 12.4. The van der Waals surface area contributed by atoms with Crippen molar-refractivity contribution >= 4 is 5.97 Å². The molecule has 0 amide bonds. The van der Waals surface area contributed by atoms with Gasteiger partial charge in [0.2, 0.25) is 0 Å². The van der Waals surface area contributed by atoms with Gasteiger partial charge in [-0.1, -0.05) is 36.2 Å². The number of hydrogen-bond donors (Lipinski definition) is 2. The molecular weight excluding hydrogens is 214 g/mol. The maximum Gasteiger partial charge on any atom is 0.310 e. The van der Waals surface area contributed by atoms with E-state index in [1.807, 2.05) is 0 Å². The molecule has 1 aliphatic carbocycles. The Balaban J connectivity index is 1.83. The summed E-state index contributed by atoms with van der Waals surface area (Å²) in [5.41, 5.74) is 1.95. The first-order valence-electron chi connectivity index (χ1n) is 6.12. The summed E-state index contributed by atoms with van der Waals surface area (Å²) in [6.45, 7) is 3.39. The van der Waals surface area contributed by atoms with Crippen molar-refractivity contribution in [3.8, 4) is 0 Å². The number of hydrogen-bond acceptors (Lipinski definition) is 2. The van der Waals surface area contributed by atoms with Gasteiger partial charge in [0.15, 0.2) is 0 Å². The smallest absolute Gasteiger partial charge is 0.310 e. The summed E-state index contributed by atoms with van der Waals surface area (Å²) in [5.74, 6) is -0.653. The van der Waals surface area contributed by atoms with Crippen LogP contribution in [0.3, 0.4) is 0 Å². The zero-order valence-corrected chi connectivity index (χ0v) is 10.2. The average Bonchev–Trinajstić information content (AvgIpc) is 2.24. The number of carboxylic acid groups (broad SMARTS) is 1. The molecule has 3 nitrogen and oxygen atoms in total. The fourth-order valence-electron chi connectivity index (χ4n) is 2.22. The second kappa shape index (κ2) is 4.88. The molecule has 2 rings (SSSR count). The summed E-state index contributed by atoms with van der Waals surface area (Å²) in [4.78, 5) is 11.2. The van der Waals surface area contributed by atoms with E-state index >= 15 is 0 Å². The van der Waals surface area contributed by atoms with Gasteiger partial charge in [-0.25, -0.2) is 0 Å². The fourth-order valence-corrected chi connectivity index (χ4v) is 2.22. The highest BCUT2D eigenvalue weighted by atomic mass is 16.4. The molecule has 1 fully saturated rings. The molecule has 3 heteroatoms. The number of rotatable bonds is 5. The Bertz CT molecular complexity index is 393. The maximum atomic E-state index is 11.2. The van der Waals surface area contributed by atoms with Crippen LogP contribution in [0.25, 0.3) is 0 Å². The van der Waals surface area contributed by atoms with Gasteiger partial charge in [0, 0.05) is 13.1 Å². The molecule has 1 aromatic rings. The highest BCUT2D eigenvalue weighted by Gasteiger charge is 2.43. The number of aliphatic carboxylic acids is 1. The maximum absolute atomic E-state index is 11.2. The lowest BCUT2D eigenvalue weighted by molar-refractivity contribution is -0.154. The van der Waals surface area contributed by atoms with Gasteiger partial charge in [0.25, 0.3) is 0 Å². The molecule has 0 aromatic heterocycles. The Labute approximate surface area is 102 Å². The number of nitrogens with one attached hydrogen (secondary N) is 1. The van der Waals surface area contributed by atoms with Gasteiger partial charge in [-0.15, -0.1) is 0 Å². The number of carbonyl (C=O) groups is 1. The first-order chi connectivity index (χ1) is 8.12. The van der Waals surface area contributed by atoms with Crippen LogP contribution in [0.15, 0.2) is 24.3 Å². The minimum atomic E-state index is -0.653. The molecule has 0 spiro atoms. The zero-order valence-electron chi connectivity index (χ0n) is 10.2. The van der Waals surface area contributed by atoms with Crippen molar-refractivity contribution in [1.29, 1.82) is 0 Å². The molecule has 1 aromatic carbocycles. The SMILES string of the molecule is Cc1ccc(CNCC2(C(=O)O)CCC2)cc1. The molecule has 0 bridgehead atoms. The molecule has 17 heavy (non-hydrogen) atoms. The second-order valence-corrected chi connectivity index (χ2v) is 5.03. The average molecular weight is 233 g/mol. The highest BCUT2D eigenvalue weighted by Crippen LogP contribution is 2.40. The Morgan fingerprint density at radius 3 is 2.47 bits per heavy atom. The van der Waals surface area contributed by atoms with Crippen molar-refractivity contribution in [2.45, 2.75) is 32.7 Å². The summed E-state index contributed by atoms with van der Waals surface area (Å²) < 4.78 is 0. The van der Waals surface area contributed by atoms with E-state index in [0.717, 1.165) is 25.8 Å². The van der Waals surface area contributed by atoms with Crippen LogP contribution in [0, 0.1) is 12.3 Å². The lowest BCUT2D eigenvalue weighted by Gasteiger charge is -2.37. The van der Waals surface area contributed by atoms with Crippen molar-refractivity contribution in [2.24, 2.45) is 5.41 Å². The molecular formula is C14H19NO2. The number of benzene rings is 1. The van der Waals surface area contributed by atoms with Gasteiger partial charge in [-0.05, 0) is 25.3 Å². The Hall–Kier alpha value is -1.35. The molecule has 0 atom stereocenters. The van der Waals surface area contributed by atoms with E-state index in [9.17, 15) is 9.90 Å². The molecule has 0 aliphatic heterocycles. The molecule has 0 saturated heterocycles. The minimum Gasteiger partial charge on any atom is -0.481 e. The molecule has 2 N–H and O–H groups in total. The largest absolute Gasteiger partial charge is 0.481 e. The lowest BCUT2D eigenvalue weighted by Crippen LogP contribution is -2.45. The summed E-state index contributed by atoms with van der Waals surface area (Å²) in [6.07, 6.45) is 2.66. The molecule has 1 aliphatic rings. The van der Waals surface area contributed by atoms with Gasteiger partial charge in [-0.2, -0.15) is 0 Å². The predicted octanol–water partition coefficient (Wildman–Crippen LogP) is 2.34. The quantitative estimate of drug-likeness (QED) is 0.820. The molecule has 92 valence electrons. The molecule has 0 heterocycles. The number of carboxylic acids is 1. The van der Waals surface area contributed by atoms with Crippen molar-refractivity contribution in [3.63, 3.8) is 0 Å². The Morgan fingerprint density at radius 2 is 2.00 bits per heavy atom. The highest BCUT2D eigenvalue weighted by molar-refractivity contribution is 5.76. The van der Waals surface area contributed by atoms with E-state index in [1.54, 1.807) is 0 Å². The first kappa shape index (κ1) is 12.1. The molecule has 0 unspecified atom stereocenters. The zero-order chi connectivity index (χ0) is 12.3. The minimum absolute atomic E-state index is 0.495. The second-order valence-electron chi connectivity index (χ2n) is 5.03. The Kier molecular flexibility index (Phi) is 3.48. The fraction of sp³-hybridized carbons (Fsp3) is 0.500. The van der Waals surface area contributed by atoms with Crippen LogP contribution >= 0.6 is 0 Å². The first-order valence-corrected chi connectivity index (χ1v) is 6.12. The summed E-state index contributed by atoms with van der Waals surface area (Å²) in [6, 6.07) is 8.31. The standard InChI is InChI=1S/C14H19NO2/c1-11-3-5-12(6-4-11)9-15-10-14(13(16)17)7-2-8-14/h3-6,15H,2,7-10H2,1H3,(H,16,17).